The number of hydrogen-bond donors (Lipinski definition) is 1. The first-order valence-corrected chi connectivity index (χ1v) is 6.17. The largest absolute Gasteiger partial charge is 0.379 e. The van der Waals surface area contributed by atoms with Gasteiger partial charge in [-0.05, 0) is 0 Å². The lowest BCUT2D eigenvalue weighted by Crippen LogP contribution is -2.44. The molecule has 1 saturated heterocycles. The molecule has 0 spiro atoms. The van der Waals surface area contributed by atoms with Crippen molar-refractivity contribution in [3.05, 3.63) is 0 Å². The zero-order valence-corrected chi connectivity index (χ0v) is 8.84. The minimum Gasteiger partial charge on any atom is -0.379 e. The van der Waals surface area contributed by atoms with Gasteiger partial charge in [-0.3, -0.25) is 14.4 Å². The van der Waals surface area contributed by atoms with Gasteiger partial charge < -0.3 is 4.74 Å². The molecule has 1 heterocycles. The van der Waals surface area contributed by atoms with E-state index in [1.165, 1.54) is 0 Å². The maximum atomic E-state index is 11.2. The topological polar surface area (TPSA) is 75.7 Å². The zero-order valence-electron chi connectivity index (χ0n) is 8.02. The summed E-state index contributed by atoms with van der Waals surface area (Å²) in [6.45, 7) is 2.61. The summed E-state index contributed by atoms with van der Waals surface area (Å²) in [7, 11) is -3.43. The second-order valence-corrected chi connectivity index (χ2v) is 4.93. The number of sulfonamides is 1. The van der Waals surface area contributed by atoms with Crippen LogP contribution in [0.25, 0.3) is 0 Å². The Balaban J connectivity index is 2.32. The number of carbonyl (C=O) groups excluding carboxylic acids is 1. The standard InChI is InChI=1S/C7H14N2O4S/c1-14(11,12)8-7(10)6-9-2-4-13-5-3-9/h2-6H2,1H3,(H,8,10). The fourth-order valence-corrected chi connectivity index (χ4v) is 1.68. The highest BCUT2D eigenvalue weighted by atomic mass is 32.2. The first kappa shape index (κ1) is 11.4. The molecular weight excluding hydrogens is 208 g/mol. The molecule has 6 nitrogen and oxygen atoms in total. The van der Waals surface area contributed by atoms with E-state index in [-0.39, 0.29) is 6.54 Å². The Morgan fingerprint density at radius 1 is 1.43 bits per heavy atom. The third kappa shape index (κ3) is 4.54. The number of hydrogen-bond acceptors (Lipinski definition) is 5. The molecule has 82 valence electrons. The molecule has 1 rings (SSSR count). The predicted molar refractivity (Wildman–Crippen MR) is 50.2 cm³/mol. The molecule has 1 fully saturated rings. The SMILES string of the molecule is CS(=O)(=O)NC(=O)CN1CCOCC1. The average molecular weight is 222 g/mol. The molecule has 0 aromatic rings. The summed E-state index contributed by atoms with van der Waals surface area (Å²) in [5.74, 6) is -0.491. The Kier molecular flexibility index (Phi) is 3.85. The van der Waals surface area contributed by atoms with Gasteiger partial charge >= 0.3 is 0 Å². The molecule has 1 amide bonds. The number of nitrogens with one attached hydrogen (secondary N) is 1. The van der Waals surface area contributed by atoms with Crippen molar-refractivity contribution < 1.29 is 17.9 Å². The van der Waals surface area contributed by atoms with E-state index < -0.39 is 15.9 Å². The van der Waals surface area contributed by atoms with Crippen LogP contribution in [0.1, 0.15) is 0 Å². The Labute approximate surface area is 83.3 Å². The first-order valence-electron chi connectivity index (χ1n) is 4.28. The summed E-state index contributed by atoms with van der Waals surface area (Å²) in [5.41, 5.74) is 0. The molecule has 0 radical (unpaired) electrons. The highest BCUT2D eigenvalue weighted by molar-refractivity contribution is 7.89. The van der Waals surface area contributed by atoms with Crippen LogP contribution in [0.3, 0.4) is 0 Å². The smallest absolute Gasteiger partial charge is 0.247 e. The lowest BCUT2D eigenvalue weighted by molar-refractivity contribution is -0.121. The Hall–Kier alpha value is -0.660. The van der Waals surface area contributed by atoms with Gasteiger partial charge in [0.1, 0.15) is 0 Å². The lowest BCUT2D eigenvalue weighted by atomic mass is 10.4. The van der Waals surface area contributed by atoms with Gasteiger partial charge in [-0.15, -0.1) is 0 Å². The summed E-state index contributed by atoms with van der Waals surface area (Å²) >= 11 is 0. The van der Waals surface area contributed by atoms with Crippen molar-refractivity contribution in [2.24, 2.45) is 0 Å². The van der Waals surface area contributed by atoms with Gasteiger partial charge in [0.25, 0.3) is 0 Å². The van der Waals surface area contributed by atoms with E-state index >= 15 is 0 Å². The van der Waals surface area contributed by atoms with Crippen LogP contribution in [0.2, 0.25) is 0 Å². The fraction of sp³-hybridized carbons (Fsp3) is 0.857. The fourth-order valence-electron chi connectivity index (χ4n) is 1.20. The quantitative estimate of drug-likeness (QED) is 0.622. The molecule has 14 heavy (non-hydrogen) atoms. The molecule has 0 aliphatic carbocycles. The number of rotatable bonds is 3. The van der Waals surface area contributed by atoms with Crippen LogP contribution in [0.4, 0.5) is 0 Å². The third-order valence-corrected chi connectivity index (χ3v) is 2.37. The van der Waals surface area contributed by atoms with Crippen molar-refractivity contribution in [3.63, 3.8) is 0 Å². The van der Waals surface area contributed by atoms with Crippen LogP contribution in [0.5, 0.6) is 0 Å². The third-order valence-electron chi connectivity index (χ3n) is 1.77. The molecule has 0 aromatic heterocycles. The normalized spacial score (nSPS) is 19.2. The van der Waals surface area contributed by atoms with Crippen molar-refractivity contribution in [2.75, 3.05) is 39.1 Å². The van der Waals surface area contributed by atoms with Crippen molar-refractivity contribution >= 4 is 15.9 Å². The van der Waals surface area contributed by atoms with Crippen LogP contribution in [-0.2, 0) is 19.6 Å². The van der Waals surface area contributed by atoms with Gasteiger partial charge in [-0.25, -0.2) is 8.42 Å². The van der Waals surface area contributed by atoms with E-state index in [1.54, 1.807) is 0 Å². The van der Waals surface area contributed by atoms with Gasteiger partial charge in [0.15, 0.2) is 0 Å². The molecule has 0 atom stereocenters. The van der Waals surface area contributed by atoms with E-state index in [0.717, 1.165) is 6.26 Å². The summed E-state index contributed by atoms with van der Waals surface area (Å²) in [6, 6.07) is 0. The summed E-state index contributed by atoms with van der Waals surface area (Å²) in [4.78, 5) is 13.0. The maximum Gasteiger partial charge on any atom is 0.247 e. The number of morpholine rings is 1. The minimum absolute atomic E-state index is 0.108. The maximum absolute atomic E-state index is 11.2. The number of amides is 1. The first-order chi connectivity index (χ1) is 6.47. The number of carbonyl (C=O) groups is 1. The van der Waals surface area contributed by atoms with Crippen molar-refractivity contribution in [3.8, 4) is 0 Å². The summed E-state index contributed by atoms with van der Waals surface area (Å²) in [5, 5.41) is 0. The summed E-state index contributed by atoms with van der Waals surface area (Å²) < 4.78 is 28.4. The van der Waals surface area contributed by atoms with Gasteiger partial charge in [-0.2, -0.15) is 0 Å². The minimum atomic E-state index is -3.43. The second-order valence-electron chi connectivity index (χ2n) is 3.19. The van der Waals surface area contributed by atoms with Gasteiger partial charge in [0.2, 0.25) is 15.9 Å². The van der Waals surface area contributed by atoms with Crippen molar-refractivity contribution in [2.45, 2.75) is 0 Å². The van der Waals surface area contributed by atoms with E-state index in [0.29, 0.717) is 26.3 Å². The van der Waals surface area contributed by atoms with Crippen LogP contribution < -0.4 is 4.72 Å². The molecule has 0 unspecified atom stereocenters. The highest BCUT2D eigenvalue weighted by Crippen LogP contribution is 1.95. The Morgan fingerprint density at radius 2 is 2.00 bits per heavy atom. The molecule has 1 aliphatic heterocycles. The summed E-state index contributed by atoms with van der Waals surface area (Å²) in [6.07, 6.45) is 0.963. The van der Waals surface area contributed by atoms with E-state index in [1.807, 2.05) is 9.62 Å². The van der Waals surface area contributed by atoms with Crippen molar-refractivity contribution in [1.82, 2.24) is 9.62 Å². The molecule has 0 saturated carbocycles. The van der Waals surface area contributed by atoms with Gasteiger partial charge in [0.05, 0.1) is 26.0 Å². The highest BCUT2D eigenvalue weighted by Gasteiger charge is 2.15. The van der Waals surface area contributed by atoms with Crippen LogP contribution >= 0.6 is 0 Å². The molecule has 1 N–H and O–H groups in total. The average Bonchev–Trinajstić information content (AvgIpc) is 2.02. The van der Waals surface area contributed by atoms with Gasteiger partial charge in [-0.1, -0.05) is 0 Å². The second kappa shape index (κ2) is 4.72. The Bertz CT molecular complexity index is 295. The molecule has 1 aliphatic rings. The van der Waals surface area contributed by atoms with Gasteiger partial charge in [0, 0.05) is 13.1 Å². The van der Waals surface area contributed by atoms with E-state index in [2.05, 4.69) is 0 Å². The van der Waals surface area contributed by atoms with E-state index in [4.69, 9.17) is 4.74 Å². The van der Waals surface area contributed by atoms with E-state index in [9.17, 15) is 13.2 Å². The zero-order chi connectivity index (χ0) is 10.6. The number of nitrogens with zero attached hydrogens (tertiary/aromatic N) is 1. The predicted octanol–water partition coefficient (Wildman–Crippen LogP) is -1.61. The number of ether oxygens (including phenoxy) is 1. The van der Waals surface area contributed by atoms with Crippen LogP contribution in [0.15, 0.2) is 0 Å². The molecule has 7 heteroatoms. The lowest BCUT2D eigenvalue weighted by Gasteiger charge is -2.25. The Morgan fingerprint density at radius 3 is 2.50 bits per heavy atom. The monoisotopic (exact) mass is 222 g/mol. The van der Waals surface area contributed by atoms with Crippen LogP contribution in [0, 0.1) is 0 Å². The van der Waals surface area contributed by atoms with Crippen molar-refractivity contribution in [1.29, 1.82) is 0 Å². The van der Waals surface area contributed by atoms with Crippen LogP contribution in [-0.4, -0.2) is 58.3 Å². The molecule has 0 bridgehead atoms. The molecular formula is C7H14N2O4S. The molecule has 0 aromatic carbocycles.